The van der Waals surface area contributed by atoms with E-state index in [1.165, 1.54) is 13.2 Å². The van der Waals surface area contributed by atoms with Crippen molar-refractivity contribution in [3.63, 3.8) is 0 Å². The zero-order valence-corrected chi connectivity index (χ0v) is 6.44. The number of ether oxygens (including phenoxy) is 1. The van der Waals surface area contributed by atoms with Crippen LogP contribution in [0.15, 0.2) is 12.3 Å². The third-order valence-electron chi connectivity index (χ3n) is 1.34. The van der Waals surface area contributed by atoms with Gasteiger partial charge in [0.25, 0.3) is 0 Å². The topological polar surface area (TPSA) is 85.4 Å². The number of carbonyl (C=O) groups is 1. The van der Waals surface area contributed by atoms with Gasteiger partial charge in [-0.15, -0.1) is 0 Å². The Kier molecular flexibility index (Phi) is 2.14. The molecule has 0 bridgehead atoms. The first kappa shape index (κ1) is 8.32. The minimum Gasteiger partial charge on any atom is -0.496 e. The Bertz CT molecular complexity index is 312. The van der Waals surface area contributed by atoms with Gasteiger partial charge in [0.1, 0.15) is 17.1 Å². The summed E-state index contributed by atoms with van der Waals surface area (Å²) in [5.41, 5.74) is 5.33. The lowest BCUT2D eigenvalue weighted by Crippen LogP contribution is -2.02. The molecule has 1 heterocycles. The minimum atomic E-state index is -1.08. The smallest absolute Gasteiger partial charge is 0.341 e. The summed E-state index contributed by atoms with van der Waals surface area (Å²) in [5, 5.41) is 8.63. The van der Waals surface area contributed by atoms with Crippen LogP contribution in [0.1, 0.15) is 10.4 Å². The van der Waals surface area contributed by atoms with E-state index in [-0.39, 0.29) is 17.1 Å². The van der Waals surface area contributed by atoms with Crippen molar-refractivity contribution in [3.8, 4) is 5.75 Å². The fraction of sp³-hybridized carbons (Fsp3) is 0.143. The summed E-state index contributed by atoms with van der Waals surface area (Å²) in [7, 11) is 1.38. The predicted octanol–water partition coefficient (Wildman–Crippen LogP) is 0.371. The van der Waals surface area contributed by atoms with E-state index in [0.717, 1.165) is 6.20 Å². The molecule has 0 atom stereocenters. The van der Waals surface area contributed by atoms with E-state index in [0.29, 0.717) is 0 Å². The molecule has 0 aliphatic heterocycles. The first-order chi connectivity index (χ1) is 5.65. The lowest BCUT2D eigenvalue weighted by atomic mass is 10.2. The Morgan fingerprint density at radius 2 is 2.42 bits per heavy atom. The van der Waals surface area contributed by atoms with Crippen LogP contribution in [-0.2, 0) is 0 Å². The predicted molar refractivity (Wildman–Crippen MR) is 42.2 cm³/mol. The molecule has 0 amide bonds. The molecule has 0 saturated heterocycles. The van der Waals surface area contributed by atoms with Crippen LogP contribution in [0.5, 0.6) is 5.75 Å². The number of methoxy groups -OCH3 is 1. The number of carboxylic acids is 1. The second kappa shape index (κ2) is 3.08. The molecule has 1 aromatic heterocycles. The fourth-order valence-corrected chi connectivity index (χ4v) is 0.782. The number of nitrogens with zero attached hydrogens (tertiary/aromatic N) is 1. The third kappa shape index (κ3) is 1.45. The van der Waals surface area contributed by atoms with Gasteiger partial charge in [0.05, 0.1) is 7.11 Å². The summed E-state index contributed by atoms with van der Waals surface area (Å²) in [6, 6.07) is 1.36. The number of hydrogen-bond acceptors (Lipinski definition) is 4. The summed E-state index contributed by atoms with van der Waals surface area (Å²) < 4.78 is 4.79. The first-order valence-electron chi connectivity index (χ1n) is 3.18. The van der Waals surface area contributed by atoms with Crippen molar-refractivity contribution in [2.24, 2.45) is 0 Å². The number of aromatic carboxylic acids is 1. The quantitative estimate of drug-likeness (QED) is 0.666. The largest absolute Gasteiger partial charge is 0.496 e. The van der Waals surface area contributed by atoms with Crippen molar-refractivity contribution in [2.45, 2.75) is 0 Å². The molecule has 0 aliphatic carbocycles. The lowest BCUT2D eigenvalue weighted by Gasteiger charge is -2.03. The van der Waals surface area contributed by atoms with Gasteiger partial charge in [-0.2, -0.15) is 0 Å². The second-order valence-electron chi connectivity index (χ2n) is 2.11. The van der Waals surface area contributed by atoms with Gasteiger partial charge in [-0.1, -0.05) is 0 Å². The van der Waals surface area contributed by atoms with Gasteiger partial charge in [0.15, 0.2) is 0 Å². The van der Waals surface area contributed by atoms with E-state index in [9.17, 15) is 4.79 Å². The highest BCUT2D eigenvalue weighted by atomic mass is 16.5. The molecule has 0 aromatic carbocycles. The summed E-state index contributed by atoms with van der Waals surface area (Å²) >= 11 is 0. The average molecular weight is 168 g/mol. The molecule has 5 heteroatoms. The zero-order chi connectivity index (χ0) is 9.14. The lowest BCUT2D eigenvalue weighted by molar-refractivity contribution is 0.0693. The van der Waals surface area contributed by atoms with Crippen LogP contribution < -0.4 is 10.5 Å². The van der Waals surface area contributed by atoms with Crippen molar-refractivity contribution in [1.82, 2.24) is 4.98 Å². The van der Waals surface area contributed by atoms with Crippen molar-refractivity contribution in [1.29, 1.82) is 0 Å². The molecular formula is C7H8N2O3. The van der Waals surface area contributed by atoms with Crippen molar-refractivity contribution in [3.05, 3.63) is 17.8 Å². The minimum absolute atomic E-state index is 0.00620. The van der Waals surface area contributed by atoms with E-state index >= 15 is 0 Å². The highest BCUT2D eigenvalue weighted by Gasteiger charge is 2.10. The molecule has 0 aliphatic rings. The van der Waals surface area contributed by atoms with Gasteiger partial charge in [0, 0.05) is 12.3 Å². The third-order valence-corrected chi connectivity index (χ3v) is 1.34. The standard InChI is InChI=1S/C7H8N2O3/c1-12-5-2-6(8)9-3-4(5)7(10)11/h2-3H,1H3,(H2,8,9)(H,10,11). The number of anilines is 1. The maximum absolute atomic E-state index is 10.5. The van der Waals surface area contributed by atoms with Crippen LogP contribution in [0.25, 0.3) is 0 Å². The number of nitrogen functional groups attached to an aromatic ring is 1. The van der Waals surface area contributed by atoms with Gasteiger partial charge >= 0.3 is 5.97 Å². The molecule has 5 nitrogen and oxygen atoms in total. The van der Waals surface area contributed by atoms with Gasteiger partial charge in [0.2, 0.25) is 0 Å². The van der Waals surface area contributed by atoms with Crippen molar-refractivity contribution >= 4 is 11.8 Å². The number of rotatable bonds is 2. The molecule has 0 saturated carbocycles. The Morgan fingerprint density at radius 3 is 2.92 bits per heavy atom. The number of carboxylic acid groups (broad SMARTS) is 1. The molecule has 0 fully saturated rings. The van der Waals surface area contributed by atoms with Crippen LogP contribution >= 0.6 is 0 Å². The number of pyridine rings is 1. The Balaban J connectivity index is 3.20. The Hall–Kier alpha value is -1.78. The summed E-state index contributed by atoms with van der Waals surface area (Å²) in [6.07, 6.45) is 1.16. The van der Waals surface area contributed by atoms with Crippen LogP contribution in [0, 0.1) is 0 Å². The van der Waals surface area contributed by atoms with E-state index in [1.807, 2.05) is 0 Å². The van der Waals surface area contributed by atoms with E-state index in [4.69, 9.17) is 15.6 Å². The molecule has 64 valence electrons. The van der Waals surface area contributed by atoms with Crippen molar-refractivity contribution in [2.75, 3.05) is 12.8 Å². The molecular weight excluding hydrogens is 160 g/mol. The zero-order valence-electron chi connectivity index (χ0n) is 6.44. The molecule has 0 spiro atoms. The van der Waals surface area contributed by atoms with E-state index < -0.39 is 5.97 Å². The maximum Gasteiger partial charge on any atom is 0.341 e. The average Bonchev–Trinajstić information content (AvgIpc) is 2.03. The SMILES string of the molecule is COc1cc(N)ncc1C(=O)O. The first-order valence-corrected chi connectivity index (χ1v) is 3.18. The fourth-order valence-electron chi connectivity index (χ4n) is 0.782. The van der Waals surface area contributed by atoms with E-state index in [1.54, 1.807) is 0 Å². The molecule has 0 unspecified atom stereocenters. The molecule has 1 aromatic rings. The van der Waals surface area contributed by atoms with Crippen LogP contribution in [0.3, 0.4) is 0 Å². The highest BCUT2D eigenvalue weighted by molar-refractivity contribution is 5.90. The highest BCUT2D eigenvalue weighted by Crippen LogP contribution is 2.18. The van der Waals surface area contributed by atoms with Gasteiger partial charge in [-0.3, -0.25) is 0 Å². The number of hydrogen-bond donors (Lipinski definition) is 2. The Labute approximate surface area is 68.8 Å². The summed E-state index contributed by atoms with van der Waals surface area (Å²) in [5.74, 6) is -0.633. The van der Waals surface area contributed by atoms with Gasteiger partial charge in [-0.05, 0) is 0 Å². The molecule has 0 radical (unpaired) electrons. The normalized spacial score (nSPS) is 9.42. The van der Waals surface area contributed by atoms with Crippen LogP contribution in [0.4, 0.5) is 5.82 Å². The van der Waals surface area contributed by atoms with Gasteiger partial charge in [-0.25, -0.2) is 9.78 Å². The number of aromatic nitrogens is 1. The summed E-state index contributed by atoms with van der Waals surface area (Å²) in [6.45, 7) is 0. The van der Waals surface area contributed by atoms with Crippen molar-refractivity contribution < 1.29 is 14.6 Å². The molecule has 1 rings (SSSR count). The molecule has 3 N–H and O–H groups in total. The summed E-state index contributed by atoms with van der Waals surface area (Å²) in [4.78, 5) is 14.2. The van der Waals surface area contributed by atoms with Crippen LogP contribution in [-0.4, -0.2) is 23.2 Å². The van der Waals surface area contributed by atoms with E-state index in [2.05, 4.69) is 4.98 Å². The maximum atomic E-state index is 10.5. The monoisotopic (exact) mass is 168 g/mol. The second-order valence-corrected chi connectivity index (χ2v) is 2.11. The van der Waals surface area contributed by atoms with Crippen LogP contribution in [0.2, 0.25) is 0 Å². The van der Waals surface area contributed by atoms with Gasteiger partial charge < -0.3 is 15.6 Å². The number of nitrogens with two attached hydrogens (primary N) is 1. The molecule has 12 heavy (non-hydrogen) atoms. The Morgan fingerprint density at radius 1 is 1.75 bits per heavy atom.